The smallest absolute Gasteiger partial charge is 2.00 e. The van der Waals surface area contributed by atoms with Crippen LogP contribution in [-0.4, -0.2) is 0 Å². The molecule has 0 aromatic carbocycles. The first kappa shape index (κ1) is 91.8. The maximum absolute atomic E-state index is 0. The monoisotopic (exact) mass is 163 g/mol. The SMILES string of the molecule is [Co].[Li+].[Li+].[Ni+2].[O-2].[O-2]. The molecule has 0 saturated carbocycles. The molecule has 6 heavy (non-hydrogen) atoms. The van der Waals surface area contributed by atoms with Crippen molar-refractivity contribution in [2.45, 2.75) is 0 Å². The summed E-state index contributed by atoms with van der Waals surface area (Å²) < 4.78 is 0. The van der Waals surface area contributed by atoms with Gasteiger partial charge in [0.1, 0.15) is 0 Å². The van der Waals surface area contributed by atoms with Gasteiger partial charge in [-0.05, 0) is 0 Å². The van der Waals surface area contributed by atoms with Gasteiger partial charge >= 0.3 is 54.2 Å². The summed E-state index contributed by atoms with van der Waals surface area (Å²) in [6.45, 7) is 0. The summed E-state index contributed by atoms with van der Waals surface area (Å²) in [7, 11) is 0. The van der Waals surface area contributed by atoms with E-state index in [0.717, 1.165) is 0 Å². The Labute approximate surface area is 81.3 Å². The summed E-state index contributed by atoms with van der Waals surface area (Å²) in [4.78, 5) is 0. The van der Waals surface area contributed by atoms with Crippen LogP contribution in [0.3, 0.4) is 0 Å². The van der Waals surface area contributed by atoms with E-state index in [2.05, 4.69) is 0 Å². The van der Waals surface area contributed by atoms with Gasteiger partial charge < -0.3 is 11.0 Å². The molecule has 0 rings (SSSR count). The Hall–Kier alpha value is 2.11. The molecule has 0 aromatic heterocycles. The molecule has 2 nitrogen and oxygen atoms in total. The van der Waals surface area contributed by atoms with E-state index in [4.69, 9.17) is 0 Å². The molecule has 33 valence electrons. The van der Waals surface area contributed by atoms with Gasteiger partial charge in [-0.1, -0.05) is 0 Å². The van der Waals surface area contributed by atoms with Crippen LogP contribution in [0.4, 0.5) is 0 Å². The van der Waals surface area contributed by atoms with Crippen molar-refractivity contribution in [2.75, 3.05) is 0 Å². The Morgan fingerprint density at radius 2 is 0.667 bits per heavy atom. The van der Waals surface area contributed by atoms with E-state index in [-0.39, 0.29) is 81.9 Å². The van der Waals surface area contributed by atoms with Crippen molar-refractivity contribution >= 4 is 0 Å². The van der Waals surface area contributed by atoms with Crippen LogP contribution in [0.25, 0.3) is 0 Å². The normalized spacial score (nSPS) is 0. The number of rotatable bonds is 0. The van der Waals surface area contributed by atoms with Gasteiger partial charge in [0, 0.05) is 16.8 Å². The molecule has 0 aromatic rings. The molecule has 0 saturated heterocycles. The molecule has 0 aliphatic carbocycles. The third-order valence-corrected chi connectivity index (χ3v) is 0. The molecule has 0 atom stereocenters. The Kier molecular flexibility index (Phi) is 911. The minimum absolute atomic E-state index is 0. The Bertz CT molecular complexity index is 11.5. The minimum atomic E-state index is 0. The minimum Gasteiger partial charge on any atom is -2.00 e. The Morgan fingerprint density at radius 3 is 0.667 bits per heavy atom. The summed E-state index contributed by atoms with van der Waals surface area (Å²) in [6, 6.07) is 0. The zero-order valence-electron chi connectivity index (χ0n) is 3.47. The van der Waals surface area contributed by atoms with Crippen LogP contribution in [0, 0.1) is 0 Å². The van der Waals surface area contributed by atoms with Gasteiger partial charge in [0.15, 0.2) is 0 Å². The fraction of sp³-hybridized carbons (Fsp3) is 0. The van der Waals surface area contributed by atoms with Crippen LogP contribution in [0.5, 0.6) is 0 Å². The van der Waals surface area contributed by atoms with E-state index in [0.29, 0.717) is 0 Å². The molecule has 0 heterocycles. The predicted molar refractivity (Wildman–Crippen MR) is 1.37 cm³/mol. The summed E-state index contributed by atoms with van der Waals surface area (Å²) in [6.07, 6.45) is 0. The van der Waals surface area contributed by atoms with Crippen LogP contribution in [0.2, 0.25) is 0 Å². The van der Waals surface area contributed by atoms with Crippen molar-refractivity contribution in [1.82, 2.24) is 0 Å². The molecule has 0 spiro atoms. The van der Waals surface area contributed by atoms with E-state index in [9.17, 15) is 0 Å². The largest absolute Gasteiger partial charge is 2.00 e. The van der Waals surface area contributed by atoms with Crippen molar-refractivity contribution in [3.63, 3.8) is 0 Å². The molecule has 0 fully saturated rings. The topological polar surface area (TPSA) is 57.0 Å². The van der Waals surface area contributed by atoms with Gasteiger partial charge in [-0.15, -0.1) is 0 Å². The van der Waals surface area contributed by atoms with Gasteiger partial charge in [0.2, 0.25) is 0 Å². The van der Waals surface area contributed by atoms with E-state index < -0.39 is 0 Å². The van der Waals surface area contributed by atoms with E-state index in [1.54, 1.807) is 0 Å². The maximum Gasteiger partial charge on any atom is 2.00 e. The standard InChI is InChI=1S/Co.2Li.Ni.2O/q;2*+1;+2;2*-2. The summed E-state index contributed by atoms with van der Waals surface area (Å²) in [5, 5.41) is 0. The van der Waals surface area contributed by atoms with E-state index in [1.165, 1.54) is 0 Å². The molecular weight excluding hydrogens is 164 g/mol. The fourth-order valence-corrected chi connectivity index (χ4v) is 0. The van der Waals surface area contributed by atoms with Crippen LogP contribution < -0.4 is 37.7 Å². The quantitative estimate of drug-likeness (QED) is 0.319. The Balaban J connectivity index is 0. The number of hydrogen-bond acceptors (Lipinski definition) is 0. The molecule has 0 bridgehead atoms. The van der Waals surface area contributed by atoms with Gasteiger partial charge in [-0.2, -0.15) is 0 Å². The van der Waals surface area contributed by atoms with E-state index in [1.807, 2.05) is 0 Å². The van der Waals surface area contributed by atoms with Crippen molar-refractivity contribution in [1.29, 1.82) is 0 Å². The van der Waals surface area contributed by atoms with Crippen LogP contribution in [-0.2, 0) is 44.2 Å². The third-order valence-electron chi connectivity index (χ3n) is 0. The van der Waals surface area contributed by atoms with Crippen LogP contribution >= 0.6 is 0 Å². The van der Waals surface area contributed by atoms with Gasteiger partial charge in [0.05, 0.1) is 0 Å². The second-order valence-electron chi connectivity index (χ2n) is 0. The second kappa shape index (κ2) is 59.5. The van der Waals surface area contributed by atoms with Crippen LogP contribution in [0.1, 0.15) is 0 Å². The Morgan fingerprint density at radius 1 is 0.667 bits per heavy atom. The van der Waals surface area contributed by atoms with Crippen molar-refractivity contribution < 1.29 is 81.9 Å². The molecular formula is CoLi2NiO2. The van der Waals surface area contributed by atoms with Crippen molar-refractivity contribution in [3.05, 3.63) is 0 Å². The van der Waals surface area contributed by atoms with Gasteiger partial charge in [-0.3, -0.25) is 0 Å². The third kappa shape index (κ3) is 35.8. The van der Waals surface area contributed by atoms with Crippen molar-refractivity contribution in [2.24, 2.45) is 0 Å². The average Bonchev–Trinajstić information content (AvgIpc) is 0. The first-order chi connectivity index (χ1) is 0. The zero-order valence-corrected chi connectivity index (χ0v) is 5.49. The fourth-order valence-electron chi connectivity index (χ4n) is 0. The van der Waals surface area contributed by atoms with Crippen LogP contribution in [0.15, 0.2) is 0 Å². The molecule has 0 unspecified atom stereocenters. The van der Waals surface area contributed by atoms with Gasteiger partial charge in [0.25, 0.3) is 0 Å². The number of hydrogen-bond donors (Lipinski definition) is 0. The summed E-state index contributed by atoms with van der Waals surface area (Å²) in [5.41, 5.74) is 0. The summed E-state index contributed by atoms with van der Waals surface area (Å²) in [5.74, 6) is 0. The molecule has 0 amide bonds. The molecule has 0 aliphatic rings. The zero-order chi connectivity index (χ0) is 0. The molecule has 0 aliphatic heterocycles. The van der Waals surface area contributed by atoms with E-state index >= 15 is 0 Å². The van der Waals surface area contributed by atoms with Gasteiger partial charge in [-0.25, -0.2) is 0 Å². The maximum atomic E-state index is 0. The molecule has 0 N–H and O–H groups in total. The van der Waals surface area contributed by atoms with Crippen molar-refractivity contribution in [3.8, 4) is 0 Å². The first-order valence-electron chi connectivity index (χ1n) is 0. The summed E-state index contributed by atoms with van der Waals surface area (Å²) >= 11 is 0. The first-order valence-corrected chi connectivity index (χ1v) is 0. The molecule has 6 heteroatoms. The molecule has 1 radical (unpaired) electrons. The predicted octanol–water partition coefficient (Wildman–Crippen LogP) is -6.23. The second-order valence-corrected chi connectivity index (χ2v) is 0. The average molecular weight is 164 g/mol.